The molecule has 4 heterocycles. The van der Waals surface area contributed by atoms with Gasteiger partial charge >= 0.3 is 0 Å². The van der Waals surface area contributed by atoms with Crippen molar-refractivity contribution in [2.75, 3.05) is 33.2 Å². The second kappa shape index (κ2) is 12.2. The first kappa shape index (κ1) is 37.7. The van der Waals surface area contributed by atoms with Gasteiger partial charge in [-0.3, -0.25) is 14.5 Å². The number of likely N-dealkylation sites (tertiary alicyclic amines) is 2. The normalized spacial score (nSPS) is 40.2. The topological polar surface area (TPSA) is 148 Å². The van der Waals surface area contributed by atoms with Gasteiger partial charge in [0.15, 0.2) is 0 Å². The van der Waals surface area contributed by atoms with Crippen LogP contribution in [0.15, 0.2) is 48.6 Å². The number of quaternary nitrogens is 1. The summed E-state index contributed by atoms with van der Waals surface area (Å²) < 4.78 is 13.8. The smallest absolute Gasteiger partial charge is 0.252 e. The number of carbonyl (C=O) groups excluding carboxylic acids is 2. The molecule has 10 nitrogen and oxygen atoms in total. The minimum absolute atomic E-state index is 0. The molecule has 10 aliphatic rings. The van der Waals surface area contributed by atoms with Crippen LogP contribution in [0.5, 0.6) is 11.5 Å². The standard InChI is InChI=1S/C23H28N2O3.C22H26N2O3.Y/c1-13-7-8-23(27)17-11-15-5-6-16(21(24)26)19-18(15)22(23,20(13)28-19)9-10-25(17,2)12-14-3-4-14;1-12-6-7-22(26)16-10-14-4-5-15(20(23)25)18-17(14)21(22,19(12)27-18)8-9-24(16)11-13-2-3-13;/h5-6,14,17,20,27H,1,3-4,7-12H2,2H3,(H-,24,26);4-5,13,16,19,26H,1-3,6-11H2,(H2,23,25);/p+1. The number of primary amides is 2. The Hall–Kier alpha value is -2.60. The molecule has 4 saturated carbocycles. The largest absolute Gasteiger partial charge is 0.484 e. The molecule has 9 atom stereocenters. The van der Waals surface area contributed by atoms with Gasteiger partial charge in [-0.1, -0.05) is 25.3 Å². The summed E-state index contributed by atoms with van der Waals surface area (Å²) in [6.45, 7) is 12.9. The fourth-order valence-electron chi connectivity index (χ4n) is 13.9. The molecule has 6 fully saturated rings. The Labute approximate surface area is 354 Å². The monoisotopic (exact) mass is 836 g/mol. The predicted octanol–water partition coefficient (Wildman–Crippen LogP) is 3.95. The van der Waals surface area contributed by atoms with E-state index >= 15 is 0 Å². The number of piperidine rings is 2. The van der Waals surface area contributed by atoms with Crippen LogP contribution in [0.25, 0.3) is 0 Å². The summed E-state index contributed by atoms with van der Waals surface area (Å²) in [4.78, 5) is 26.7. The molecule has 293 valence electrons. The molecule has 12 rings (SSSR count). The molecule has 2 aromatic rings. The van der Waals surface area contributed by atoms with E-state index in [-0.39, 0.29) is 57.0 Å². The van der Waals surface area contributed by atoms with Crippen LogP contribution in [0.2, 0.25) is 0 Å². The number of aliphatic hydroxyl groups is 2. The number of carbonyl (C=O) groups is 2. The molecule has 0 aromatic heterocycles. The van der Waals surface area contributed by atoms with Crippen LogP contribution in [0.3, 0.4) is 0 Å². The number of nitrogens with two attached hydrogens (primary N) is 2. The van der Waals surface area contributed by atoms with E-state index in [0.29, 0.717) is 22.6 Å². The average Bonchev–Trinajstić information content (AvgIpc) is 4.07. The third-order valence-corrected chi connectivity index (χ3v) is 16.7. The van der Waals surface area contributed by atoms with Crippen LogP contribution in [0.1, 0.15) is 107 Å². The van der Waals surface area contributed by atoms with Crippen LogP contribution in [0.4, 0.5) is 0 Å². The summed E-state index contributed by atoms with van der Waals surface area (Å²) in [7, 11) is 2.35. The third-order valence-electron chi connectivity index (χ3n) is 16.7. The van der Waals surface area contributed by atoms with Crippen molar-refractivity contribution in [3.05, 3.63) is 82.0 Å². The Bertz CT molecular complexity index is 2130. The molecule has 2 spiro atoms. The Morgan fingerprint density at radius 2 is 1.34 bits per heavy atom. The minimum atomic E-state index is -0.833. The maximum Gasteiger partial charge on any atom is 0.252 e. The molecule has 1 radical (unpaired) electrons. The van der Waals surface area contributed by atoms with Crippen molar-refractivity contribution in [2.45, 2.75) is 123 Å². The van der Waals surface area contributed by atoms with E-state index in [9.17, 15) is 19.8 Å². The van der Waals surface area contributed by atoms with Gasteiger partial charge in [0.1, 0.15) is 35.3 Å². The Morgan fingerprint density at radius 1 is 0.804 bits per heavy atom. The van der Waals surface area contributed by atoms with Crippen molar-refractivity contribution in [3.8, 4) is 11.5 Å². The first-order chi connectivity index (χ1) is 26.3. The first-order valence-corrected chi connectivity index (χ1v) is 20.9. The number of likely N-dealkylation sites (N-methyl/N-ethyl adjacent to an activating group) is 1. The summed E-state index contributed by atoms with van der Waals surface area (Å²) in [6, 6.07) is 8.00. The van der Waals surface area contributed by atoms with Gasteiger partial charge in [0, 0.05) is 75.2 Å². The van der Waals surface area contributed by atoms with Crippen LogP contribution in [0, 0.1) is 11.8 Å². The zero-order valence-corrected chi connectivity index (χ0v) is 35.5. The van der Waals surface area contributed by atoms with Crippen LogP contribution < -0.4 is 20.9 Å². The Balaban J connectivity index is 0.000000135. The maximum atomic E-state index is 12.4. The summed E-state index contributed by atoms with van der Waals surface area (Å²) in [5.74, 6) is 1.91. The van der Waals surface area contributed by atoms with E-state index in [1.165, 1.54) is 36.8 Å². The summed E-state index contributed by atoms with van der Waals surface area (Å²) >= 11 is 0. The second-order valence-electron chi connectivity index (χ2n) is 19.5. The van der Waals surface area contributed by atoms with Crippen molar-refractivity contribution in [1.29, 1.82) is 0 Å². The zero-order valence-electron chi connectivity index (χ0n) is 32.7. The molecule has 2 amide bonds. The van der Waals surface area contributed by atoms with Crippen LogP contribution >= 0.6 is 0 Å². The molecular weight excluding hydrogens is 781 g/mol. The van der Waals surface area contributed by atoms with E-state index in [4.69, 9.17) is 20.9 Å². The molecular formula is C45H55N4O6Y+. The van der Waals surface area contributed by atoms with E-state index in [1.807, 2.05) is 12.1 Å². The average molecular weight is 837 g/mol. The number of benzene rings is 2. The fourth-order valence-corrected chi connectivity index (χ4v) is 13.9. The Morgan fingerprint density at radius 3 is 1.89 bits per heavy atom. The maximum absolute atomic E-state index is 12.4. The molecule has 11 heteroatoms. The number of nitrogens with zero attached hydrogens (tertiary/aromatic N) is 2. The zero-order chi connectivity index (χ0) is 38.0. The molecule has 2 aromatic carbocycles. The van der Waals surface area contributed by atoms with Crippen molar-refractivity contribution < 1.29 is 66.5 Å². The van der Waals surface area contributed by atoms with Gasteiger partial charge in [-0.05, 0) is 111 Å². The second-order valence-corrected chi connectivity index (χ2v) is 19.5. The summed E-state index contributed by atoms with van der Waals surface area (Å²) in [5, 5.41) is 24.6. The molecule has 9 unspecified atom stereocenters. The van der Waals surface area contributed by atoms with E-state index in [0.717, 1.165) is 116 Å². The number of ether oxygens (including phenoxy) is 2. The summed E-state index contributed by atoms with van der Waals surface area (Å²) in [6.07, 6.45) is 11.2. The van der Waals surface area contributed by atoms with Gasteiger partial charge in [-0.2, -0.15) is 0 Å². The van der Waals surface area contributed by atoms with E-state index < -0.39 is 33.8 Å². The Kier molecular flexibility index (Phi) is 8.22. The van der Waals surface area contributed by atoms with Gasteiger partial charge in [-0.25, -0.2) is 0 Å². The van der Waals surface area contributed by atoms with Crippen molar-refractivity contribution >= 4 is 11.8 Å². The third kappa shape index (κ3) is 4.66. The van der Waals surface area contributed by atoms with E-state index in [2.05, 4.69) is 31.2 Å². The fraction of sp³-hybridized carbons (Fsp3) is 0.600. The summed E-state index contributed by atoms with van der Waals surface area (Å²) in [5.41, 5.74) is 16.2. The van der Waals surface area contributed by atoms with Gasteiger partial charge in [0.25, 0.3) is 11.8 Å². The van der Waals surface area contributed by atoms with Gasteiger partial charge in [0.05, 0.1) is 47.7 Å². The minimum Gasteiger partial charge on any atom is -0.484 e. The molecule has 6 aliphatic carbocycles. The van der Waals surface area contributed by atoms with Crippen molar-refractivity contribution in [2.24, 2.45) is 23.3 Å². The number of hydrogen-bond acceptors (Lipinski definition) is 7. The number of rotatable bonds is 6. The van der Waals surface area contributed by atoms with Crippen LogP contribution in [-0.2, 0) is 56.4 Å². The molecule has 2 saturated heterocycles. The van der Waals surface area contributed by atoms with Gasteiger partial charge in [0.2, 0.25) is 0 Å². The number of amides is 2. The van der Waals surface area contributed by atoms with Gasteiger partial charge < -0.3 is 35.6 Å². The molecule has 6 N–H and O–H groups in total. The molecule has 4 bridgehead atoms. The number of hydrogen-bond donors (Lipinski definition) is 4. The molecule has 4 aliphatic heterocycles. The van der Waals surface area contributed by atoms with Gasteiger partial charge in [-0.15, -0.1) is 0 Å². The van der Waals surface area contributed by atoms with E-state index in [1.54, 1.807) is 6.07 Å². The first-order valence-electron chi connectivity index (χ1n) is 20.9. The van der Waals surface area contributed by atoms with Crippen molar-refractivity contribution in [1.82, 2.24) is 4.90 Å². The van der Waals surface area contributed by atoms with Crippen molar-refractivity contribution in [3.63, 3.8) is 0 Å². The van der Waals surface area contributed by atoms with Crippen LogP contribution in [-0.4, -0.2) is 100 Å². The predicted molar refractivity (Wildman–Crippen MR) is 206 cm³/mol. The SMILES string of the molecule is C=C1CCC2(O)C3Cc4ccc(C(N)=O)c5c4C2(CCN3CC2CC2)C1O5.C=C1CCC2(O)C3Cc4ccc(C(N)=O)c5c4C2(CC[N+]3(C)CC2CC2)C1O5.[Y]. The quantitative estimate of drug-likeness (QED) is 0.255. The molecule has 56 heavy (non-hydrogen) atoms.